The lowest BCUT2D eigenvalue weighted by Gasteiger charge is -2.26. The first-order valence-corrected chi connectivity index (χ1v) is 5.20. The molecule has 1 aliphatic carbocycles. The third-order valence-corrected chi connectivity index (χ3v) is 3.46. The predicted molar refractivity (Wildman–Crippen MR) is 53.0 cm³/mol. The molecule has 15 heavy (non-hydrogen) atoms. The average Bonchev–Trinajstić information content (AvgIpc) is 2.49. The Hall–Kier alpha value is -1.35. The van der Waals surface area contributed by atoms with Crippen molar-refractivity contribution in [2.75, 3.05) is 6.61 Å². The van der Waals surface area contributed by atoms with E-state index >= 15 is 0 Å². The van der Waals surface area contributed by atoms with Crippen molar-refractivity contribution in [2.24, 2.45) is 11.8 Å². The fraction of sp³-hybridized carbons (Fsp3) is 0.417. The van der Waals surface area contributed by atoms with E-state index in [0.29, 0.717) is 6.42 Å². The van der Waals surface area contributed by atoms with Crippen molar-refractivity contribution in [3.63, 3.8) is 0 Å². The van der Waals surface area contributed by atoms with Crippen LogP contribution in [-0.4, -0.2) is 17.7 Å². The Balaban J connectivity index is 2.10. The Kier molecular flexibility index (Phi) is 1.83. The van der Waals surface area contributed by atoms with Crippen LogP contribution in [0, 0.1) is 11.8 Å². The molecule has 0 aromatic heterocycles. The van der Waals surface area contributed by atoms with Crippen molar-refractivity contribution in [2.45, 2.75) is 12.5 Å². The molecule has 1 fully saturated rings. The van der Waals surface area contributed by atoms with Crippen LogP contribution in [0.25, 0.3) is 0 Å². The van der Waals surface area contributed by atoms with Gasteiger partial charge in [-0.2, -0.15) is 0 Å². The van der Waals surface area contributed by atoms with Gasteiger partial charge in [0.05, 0.1) is 12.5 Å². The number of ether oxygens (including phenoxy) is 1. The molecule has 3 heteroatoms. The van der Waals surface area contributed by atoms with Gasteiger partial charge >= 0.3 is 5.97 Å². The largest absolute Gasteiger partial charge is 0.457 e. The van der Waals surface area contributed by atoms with Crippen molar-refractivity contribution < 1.29 is 14.6 Å². The van der Waals surface area contributed by atoms with Crippen LogP contribution in [-0.2, 0) is 16.0 Å². The quantitative estimate of drug-likeness (QED) is 0.696. The van der Waals surface area contributed by atoms with E-state index < -0.39 is 0 Å². The number of aliphatic hydroxyl groups is 1. The van der Waals surface area contributed by atoms with Crippen LogP contribution in [0.5, 0.6) is 0 Å². The molecular formula is C12H12O3. The van der Waals surface area contributed by atoms with Gasteiger partial charge < -0.3 is 9.84 Å². The number of aliphatic hydroxyl groups excluding tert-OH is 1. The van der Waals surface area contributed by atoms with Gasteiger partial charge in [-0.25, -0.2) is 0 Å². The van der Waals surface area contributed by atoms with E-state index in [4.69, 9.17) is 4.74 Å². The normalized spacial score (nSPS) is 32.3. The van der Waals surface area contributed by atoms with Gasteiger partial charge in [0, 0.05) is 5.92 Å². The minimum absolute atomic E-state index is 0.0232. The first-order valence-electron chi connectivity index (χ1n) is 5.20. The number of esters is 1. The second kappa shape index (κ2) is 3.07. The molecule has 3 unspecified atom stereocenters. The summed E-state index contributed by atoms with van der Waals surface area (Å²) in [7, 11) is 0. The van der Waals surface area contributed by atoms with Crippen molar-refractivity contribution in [1.29, 1.82) is 0 Å². The molecule has 1 aromatic carbocycles. The molecule has 1 aromatic rings. The van der Waals surface area contributed by atoms with Gasteiger partial charge in [0.1, 0.15) is 6.10 Å². The van der Waals surface area contributed by atoms with Crippen LogP contribution in [0.3, 0.4) is 0 Å². The highest BCUT2D eigenvalue weighted by molar-refractivity contribution is 5.77. The summed E-state index contributed by atoms with van der Waals surface area (Å²) >= 11 is 0. The van der Waals surface area contributed by atoms with Gasteiger partial charge in [0.25, 0.3) is 0 Å². The smallest absolute Gasteiger partial charge is 0.310 e. The molecule has 0 radical (unpaired) electrons. The Bertz CT molecular complexity index is 413. The van der Waals surface area contributed by atoms with Gasteiger partial charge in [0.2, 0.25) is 0 Å². The number of fused-ring (bicyclic) bond motifs is 4. The maximum Gasteiger partial charge on any atom is 0.310 e. The average molecular weight is 204 g/mol. The summed E-state index contributed by atoms with van der Waals surface area (Å²) < 4.78 is 5.32. The van der Waals surface area contributed by atoms with E-state index in [1.54, 1.807) is 0 Å². The molecule has 3 nitrogen and oxygen atoms in total. The minimum atomic E-state index is -0.225. The summed E-state index contributed by atoms with van der Waals surface area (Å²) in [5.41, 5.74) is 2.25. The van der Waals surface area contributed by atoms with Crippen LogP contribution >= 0.6 is 0 Å². The van der Waals surface area contributed by atoms with Gasteiger partial charge in [-0.1, -0.05) is 24.3 Å². The SMILES string of the molecule is O=C1OC2c3ccccc3CC1C2CO. The molecule has 78 valence electrons. The van der Waals surface area contributed by atoms with Gasteiger partial charge in [-0.3, -0.25) is 4.79 Å². The van der Waals surface area contributed by atoms with Gasteiger partial charge in [-0.15, -0.1) is 0 Å². The monoisotopic (exact) mass is 204 g/mol. The zero-order valence-corrected chi connectivity index (χ0v) is 8.22. The van der Waals surface area contributed by atoms with Crippen molar-refractivity contribution in [3.05, 3.63) is 35.4 Å². The van der Waals surface area contributed by atoms with E-state index in [9.17, 15) is 9.90 Å². The molecular weight excluding hydrogens is 192 g/mol. The summed E-state index contributed by atoms with van der Waals surface area (Å²) in [5.74, 6) is -0.349. The Morgan fingerprint density at radius 1 is 1.40 bits per heavy atom. The van der Waals surface area contributed by atoms with Crippen molar-refractivity contribution in [1.82, 2.24) is 0 Å². The Morgan fingerprint density at radius 2 is 2.20 bits per heavy atom. The number of benzene rings is 1. The molecule has 2 aliphatic rings. The lowest BCUT2D eigenvalue weighted by atomic mass is 9.76. The highest BCUT2D eigenvalue weighted by Gasteiger charge is 2.48. The van der Waals surface area contributed by atoms with Gasteiger partial charge in [-0.05, 0) is 17.5 Å². The fourth-order valence-corrected chi connectivity index (χ4v) is 2.67. The molecule has 1 heterocycles. The van der Waals surface area contributed by atoms with E-state index in [1.165, 1.54) is 5.56 Å². The third-order valence-electron chi connectivity index (χ3n) is 3.46. The standard InChI is InChI=1S/C12H12O3/c13-6-10-9-5-7-3-1-2-4-8(7)11(10)15-12(9)14/h1-4,9-11,13H,5-6H2. The molecule has 1 aliphatic heterocycles. The van der Waals surface area contributed by atoms with Crippen LogP contribution in [0.4, 0.5) is 0 Å². The molecule has 0 amide bonds. The zero-order valence-electron chi connectivity index (χ0n) is 8.22. The second-order valence-corrected chi connectivity index (χ2v) is 4.21. The van der Waals surface area contributed by atoms with Crippen LogP contribution in [0.2, 0.25) is 0 Å². The van der Waals surface area contributed by atoms with E-state index in [0.717, 1.165) is 5.56 Å². The molecule has 3 rings (SSSR count). The van der Waals surface area contributed by atoms with Gasteiger partial charge in [0.15, 0.2) is 0 Å². The lowest BCUT2D eigenvalue weighted by molar-refractivity contribution is -0.144. The highest BCUT2D eigenvalue weighted by atomic mass is 16.6. The third kappa shape index (κ3) is 1.13. The number of carbonyl (C=O) groups is 1. The van der Waals surface area contributed by atoms with Crippen LogP contribution < -0.4 is 0 Å². The summed E-state index contributed by atoms with van der Waals surface area (Å²) in [6.45, 7) is 0.0232. The summed E-state index contributed by atoms with van der Waals surface area (Å²) in [6.07, 6.45) is 0.481. The topological polar surface area (TPSA) is 46.5 Å². The van der Waals surface area contributed by atoms with Crippen molar-refractivity contribution in [3.8, 4) is 0 Å². The van der Waals surface area contributed by atoms with E-state index in [1.807, 2.05) is 24.3 Å². The number of hydrogen-bond acceptors (Lipinski definition) is 3. The number of rotatable bonds is 1. The fourth-order valence-electron chi connectivity index (χ4n) is 2.67. The van der Waals surface area contributed by atoms with Crippen LogP contribution in [0.15, 0.2) is 24.3 Å². The maximum absolute atomic E-state index is 11.6. The first kappa shape index (κ1) is 8.92. The maximum atomic E-state index is 11.6. The number of hydrogen-bond donors (Lipinski definition) is 1. The lowest BCUT2D eigenvalue weighted by Crippen LogP contribution is -2.27. The molecule has 0 saturated carbocycles. The second-order valence-electron chi connectivity index (χ2n) is 4.21. The predicted octanol–water partition coefficient (Wildman–Crippen LogP) is 1.07. The minimum Gasteiger partial charge on any atom is -0.457 e. The summed E-state index contributed by atoms with van der Waals surface area (Å²) in [5, 5.41) is 9.28. The van der Waals surface area contributed by atoms with Crippen LogP contribution in [0.1, 0.15) is 17.2 Å². The first-order chi connectivity index (χ1) is 7.31. The van der Waals surface area contributed by atoms with Crippen molar-refractivity contribution >= 4 is 5.97 Å². The highest BCUT2D eigenvalue weighted by Crippen LogP contribution is 2.46. The molecule has 1 saturated heterocycles. The Labute approximate surface area is 87.7 Å². The zero-order chi connectivity index (χ0) is 10.4. The van der Waals surface area contributed by atoms with E-state index in [2.05, 4.69) is 0 Å². The Morgan fingerprint density at radius 3 is 3.00 bits per heavy atom. The molecule has 0 spiro atoms. The summed E-state index contributed by atoms with van der Waals surface area (Å²) in [4.78, 5) is 11.6. The number of carbonyl (C=O) groups excluding carboxylic acids is 1. The molecule has 3 atom stereocenters. The molecule has 1 N–H and O–H groups in total. The van der Waals surface area contributed by atoms with E-state index in [-0.39, 0.29) is 30.5 Å². The summed E-state index contributed by atoms with van der Waals surface area (Å²) in [6, 6.07) is 7.93. The molecule has 2 bridgehead atoms.